The molecular formula is C15H31NO. The fourth-order valence-corrected chi connectivity index (χ4v) is 2.57. The molecule has 2 nitrogen and oxygen atoms in total. The minimum Gasteiger partial charge on any atom is -0.378 e. The van der Waals surface area contributed by atoms with Crippen LogP contribution >= 0.6 is 0 Å². The topological polar surface area (TPSA) is 21.3 Å². The zero-order valence-corrected chi connectivity index (χ0v) is 11.8. The summed E-state index contributed by atoms with van der Waals surface area (Å²) in [7, 11) is 0. The van der Waals surface area contributed by atoms with E-state index in [0.717, 1.165) is 6.61 Å². The lowest BCUT2D eigenvalue weighted by atomic mass is 10.0. The van der Waals surface area contributed by atoms with Crippen LogP contribution in [0.25, 0.3) is 0 Å². The van der Waals surface area contributed by atoms with E-state index in [4.69, 9.17) is 4.74 Å². The van der Waals surface area contributed by atoms with Gasteiger partial charge in [0.2, 0.25) is 0 Å². The van der Waals surface area contributed by atoms with Gasteiger partial charge in [0.05, 0.1) is 6.10 Å². The van der Waals surface area contributed by atoms with Gasteiger partial charge in [-0.2, -0.15) is 0 Å². The minimum absolute atomic E-state index is 0.454. The smallest absolute Gasteiger partial charge is 0.0561 e. The maximum atomic E-state index is 5.55. The molecule has 0 spiro atoms. The Morgan fingerprint density at radius 1 is 1.06 bits per heavy atom. The van der Waals surface area contributed by atoms with Crippen molar-refractivity contribution in [3.8, 4) is 0 Å². The van der Waals surface area contributed by atoms with Crippen LogP contribution in [0.2, 0.25) is 0 Å². The molecule has 0 aromatic rings. The highest BCUT2D eigenvalue weighted by Crippen LogP contribution is 2.13. The molecule has 0 aromatic heterocycles. The van der Waals surface area contributed by atoms with Gasteiger partial charge in [0.1, 0.15) is 0 Å². The van der Waals surface area contributed by atoms with Gasteiger partial charge in [-0.05, 0) is 32.7 Å². The average Bonchev–Trinajstić information content (AvgIpc) is 2.33. The van der Waals surface area contributed by atoms with Gasteiger partial charge < -0.3 is 10.1 Å². The Bertz CT molecular complexity index is 172. The highest BCUT2D eigenvalue weighted by atomic mass is 16.5. The quantitative estimate of drug-likeness (QED) is 0.618. The van der Waals surface area contributed by atoms with E-state index in [2.05, 4.69) is 19.2 Å². The van der Waals surface area contributed by atoms with Crippen molar-refractivity contribution in [1.82, 2.24) is 5.32 Å². The first kappa shape index (κ1) is 15.0. The van der Waals surface area contributed by atoms with Gasteiger partial charge in [-0.25, -0.2) is 0 Å². The molecule has 1 aliphatic rings. The van der Waals surface area contributed by atoms with Crippen LogP contribution in [0.15, 0.2) is 0 Å². The van der Waals surface area contributed by atoms with Gasteiger partial charge in [-0.3, -0.25) is 0 Å². The van der Waals surface area contributed by atoms with E-state index in [9.17, 15) is 0 Å². The van der Waals surface area contributed by atoms with E-state index in [-0.39, 0.29) is 0 Å². The molecule has 2 unspecified atom stereocenters. The lowest BCUT2D eigenvalue weighted by Gasteiger charge is -2.28. The molecule has 0 bridgehead atoms. The van der Waals surface area contributed by atoms with Gasteiger partial charge in [-0.1, -0.05) is 45.4 Å². The molecule has 2 heteroatoms. The van der Waals surface area contributed by atoms with Crippen LogP contribution in [0, 0.1) is 0 Å². The first-order chi connectivity index (χ1) is 8.33. The van der Waals surface area contributed by atoms with Crippen molar-refractivity contribution in [2.75, 3.05) is 13.2 Å². The van der Waals surface area contributed by atoms with Gasteiger partial charge in [-0.15, -0.1) is 0 Å². The summed E-state index contributed by atoms with van der Waals surface area (Å²) in [5.74, 6) is 0. The number of nitrogens with one attached hydrogen (secondary N) is 1. The van der Waals surface area contributed by atoms with Gasteiger partial charge >= 0.3 is 0 Å². The molecular weight excluding hydrogens is 210 g/mol. The third-order valence-electron chi connectivity index (χ3n) is 3.70. The molecule has 0 radical (unpaired) electrons. The van der Waals surface area contributed by atoms with E-state index < -0.39 is 0 Å². The molecule has 1 fully saturated rings. The van der Waals surface area contributed by atoms with Gasteiger partial charge in [0.25, 0.3) is 0 Å². The number of ether oxygens (including phenoxy) is 1. The van der Waals surface area contributed by atoms with Crippen molar-refractivity contribution in [3.63, 3.8) is 0 Å². The van der Waals surface area contributed by atoms with Crippen molar-refractivity contribution in [1.29, 1.82) is 0 Å². The molecule has 102 valence electrons. The lowest BCUT2D eigenvalue weighted by Crippen LogP contribution is -2.38. The summed E-state index contributed by atoms with van der Waals surface area (Å²) in [4.78, 5) is 0. The van der Waals surface area contributed by atoms with Crippen LogP contribution in [-0.2, 0) is 4.74 Å². The molecule has 17 heavy (non-hydrogen) atoms. The summed E-state index contributed by atoms with van der Waals surface area (Å²) in [5.41, 5.74) is 0. The predicted octanol–water partition coefficient (Wildman–Crippen LogP) is 3.89. The summed E-state index contributed by atoms with van der Waals surface area (Å²) in [6.07, 6.45) is 12.6. The standard InChI is InChI=1S/C15H31NO/c1-3-4-5-6-7-8-9-11-16-15-10-12-17-14(2)13-15/h14-16H,3-13H2,1-2H3. The Kier molecular flexibility index (Phi) is 8.72. The SMILES string of the molecule is CCCCCCCCCNC1CCOC(C)C1. The zero-order chi connectivity index (χ0) is 12.3. The number of unbranched alkanes of at least 4 members (excludes halogenated alkanes) is 6. The second-order valence-electron chi connectivity index (χ2n) is 5.48. The first-order valence-corrected chi connectivity index (χ1v) is 7.68. The van der Waals surface area contributed by atoms with Crippen molar-refractivity contribution in [2.24, 2.45) is 0 Å². The third-order valence-corrected chi connectivity index (χ3v) is 3.70. The fraction of sp³-hybridized carbons (Fsp3) is 1.00. The summed E-state index contributed by atoms with van der Waals surface area (Å²) in [5, 5.41) is 3.67. The predicted molar refractivity (Wildman–Crippen MR) is 74.4 cm³/mol. The van der Waals surface area contributed by atoms with Crippen LogP contribution in [0.5, 0.6) is 0 Å². The monoisotopic (exact) mass is 241 g/mol. The maximum absolute atomic E-state index is 5.55. The van der Waals surface area contributed by atoms with E-state index in [1.807, 2.05) is 0 Å². The van der Waals surface area contributed by atoms with E-state index in [0.29, 0.717) is 12.1 Å². The fourth-order valence-electron chi connectivity index (χ4n) is 2.57. The lowest BCUT2D eigenvalue weighted by molar-refractivity contribution is 0.0134. The molecule has 1 saturated heterocycles. The Labute approximate surface area is 108 Å². The summed E-state index contributed by atoms with van der Waals surface area (Å²) < 4.78 is 5.55. The third kappa shape index (κ3) is 7.77. The zero-order valence-electron chi connectivity index (χ0n) is 11.8. The highest BCUT2D eigenvalue weighted by molar-refractivity contribution is 4.74. The molecule has 1 N–H and O–H groups in total. The summed E-state index contributed by atoms with van der Waals surface area (Å²) in [6.45, 7) is 6.60. The van der Waals surface area contributed by atoms with E-state index in [1.165, 1.54) is 64.3 Å². The second kappa shape index (κ2) is 9.90. The summed E-state index contributed by atoms with van der Waals surface area (Å²) in [6, 6.07) is 0.707. The van der Waals surface area contributed by atoms with Gasteiger partial charge in [0.15, 0.2) is 0 Å². The molecule has 0 saturated carbocycles. The minimum atomic E-state index is 0.454. The second-order valence-corrected chi connectivity index (χ2v) is 5.48. The van der Waals surface area contributed by atoms with Crippen molar-refractivity contribution in [3.05, 3.63) is 0 Å². The Morgan fingerprint density at radius 3 is 2.47 bits per heavy atom. The highest BCUT2D eigenvalue weighted by Gasteiger charge is 2.17. The maximum Gasteiger partial charge on any atom is 0.0561 e. The summed E-state index contributed by atoms with van der Waals surface area (Å²) >= 11 is 0. The van der Waals surface area contributed by atoms with Crippen LogP contribution < -0.4 is 5.32 Å². The number of hydrogen-bond donors (Lipinski definition) is 1. The normalized spacial score (nSPS) is 25.1. The largest absolute Gasteiger partial charge is 0.378 e. The Hall–Kier alpha value is -0.0800. The van der Waals surface area contributed by atoms with E-state index in [1.54, 1.807) is 0 Å². The number of hydrogen-bond acceptors (Lipinski definition) is 2. The molecule has 0 amide bonds. The van der Waals surface area contributed by atoms with Crippen LogP contribution in [0.1, 0.15) is 71.6 Å². The van der Waals surface area contributed by atoms with Crippen molar-refractivity contribution >= 4 is 0 Å². The Balaban J connectivity index is 1.83. The van der Waals surface area contributed by atoms with Gasteiger partial charge in [0, 0.05) is 12.6 Å². The molecule has 2 atom stereocenters. The van der Waals surface area contributed by atoms with Crippen molar-refractivity contribution in [2.45, 2.75) is 83.8 Å². The van der Waals surface area contributed by atoms with Crippen LogP contribution in [0.4, 0.5) is 0 Å². The van der Waals surface area contributed by atoms with Crippen LogP contribution in [-0.4, -0.2) is 25.3 Å². The molecule has 0 aliphatic carbocycles. The molecule has 0 aromatic carbocycles. The van der Waals surface area contributed by atoms with E-state index >= 15 is 0 Å². The number of rotatable bonds is 9. The molecule has 1 rings (SSSR count). The molecule has 1 aliphatic heterocycles. The average molecular weight is 241 g/mol. The van der Waals surface area contributed by atoms with Crippen molar-refractivity contribution < 1.29 is 4.74 Å². The first-order valence-electron chi connectivity index (χ1n) is 7.68. The molecule has 1 heterocycles. The Morgan fingerprint density at radius 2 is 1.76 bits per heavy atom. The van der Waals surface area contributed by atoms with Crippen LogP contribution in [0.3, 0.4) is 0 Å².